The summed E-state index contributed by atoms with van der Waals surface area (Å²) in [6, 6.07) is 7.67. The van der Waals surface area contributed by atoms with Crippen LogP contribution in [0.2, 0.25) is 0 Å². The second-order valence-corrected chi connectivity index (χ2v) is 5.66. The summed E-state index contributed by atoms with van der Waals surface area (Å²) in [4.78, 5) is 24.8. The number of carbonyl (C=O) groups excluding carboxylic acids is 2. The number of nitrogens with one attached hydrogen (secondary N) is 1. The third-order valence-corrected chi connectivity index (χ3v) is 4.19. The molecule has 6 nitrogen and oxygen atoms in total. The summed E-state index contributed by atoms with van der Waals surface area (Å²) in [5, 5.41) is 2.61. The zero-order valence-corrected chi connectivity index (χ0v) is 12.8. The molecule has 7 heteroatoms. The van der Waals surface area contributed by atoms with Gasteiger partial charge in [-0.15, -0.1) is 0 Å². The van der Waals surface area contributed by atoms with Gasteiger partial charge in [-0.05, 0) is 43.1 Å². The van der Waals surface area contributed by atoms with E-state index in [0.29, 0.717) is 26.1 Å². The molecule has 0 atom stereocenters. The summed E-state index contributed by atoms with van der Waals surface area (Å²) in [7, 11) is 0. The Morgan fingerprint density at radius 1 is 1.29 bits per heavy atom. The Bertz CT molecular complexity index is 473. The highest BCUT2D eigenvalue weighted by Crippen LogP contribution is 2.25. The smallest absolute Gasteiger partial charge is 0.409 e. The molecule has 114 valence electrons. The van der Waals surface area contributed by atoms with Gasteiger partial charge in [-0.1, -0.05) is 0 Å². The lowest BCUT2D eigenvalue weighted by Crippen LogP contribution is -2.46. The molecule has 1 fully saturated rings. The Hall–Kier alpha value is -1.73. The first-order valence-electron chi connectivity index (χ1n) is 6.87. The number of rotatable bonds is 5. The summed E-state index contributed by atoms with van der Waals surface area (Å²) in [5.74, 6) is 0. The minimum absolute atomic E-state index is 0.230. The van der Waals surface area contributed by atoms with E-state index in [2.05, 4.69) is 9.62 Å². The third-order valence-electron chi connectivity index (χ3n) is 3.08. The van der Waals surface area contributed by atoms with Crippen LogP contribution >= 0.6 is 11.9 Å². The maximum absolute atomic E-state index is 11.6. The maximum Gasteiger partial charge on any atom is 0.409 e. The molecule has 2 amide bonds. The molecule has 0 aliphatic carbocycles. The van der Waals surface area contributed by atoms with Crippen LogP contribution in [0.25, 0.3) is 0 Å². The first kappa shape index (κ1) is 15.7. The SMILES string of the molecule is CCOC(=O)N1CCN(Sc2ccc(NC=O)cc2)CC1. The summed E-state index contributed by atoms with van der Waals surface area (Å²) >= 11 is 1.66. The number of nitrogens with zero attached hydrogens (tertiary/aromatic N) is 2. The van der Waals surface area contributed by atoms with Crippen LogP contribution in [0, 0.1) is 0 Å². The first-order chi connectivity index (χ1) is 10.2. The predicted octanol–water partition coefficient (Wildman–Crippen LogP) is 2.04. The average molecular weight is 309 g/mol. The maximum atomic E-state index is 11.6. The van der Waals surface area contributed by atoms with Gasteiger partial charge in [0, 0.05) is 36.8 Å². The number of benzene rings is 1. The highest BCUT2D eigenvalue weighted by molar-refractivity contribution is 7.97. The molecular weight excluding hydrogens is 290 g/mol. The molecule has 1 N–H and O–H groups in total. The van der Waals surface area contributed by atoms with E-state index in [1.165, 1.54) is 0 Å². The highest BCUT2D eigenvalue weighted by Gasteiger charge is 2.22. The Morgan fingerprint density at radius 3 is 2.52 bits per heavy atom. The average Bonchev–Trinajstić information content (AvgIpc) is 2.50. The minimum Gasteiger partial charge on any atom is -0.450 e. The summed E-state index contributed by atoms with van der Waals surface area (Å²) in [6.45, 7) is 5.19. The van der Waals surface area contributed by atoms with Crippen molar-refractivity contribution in [2.75, 3.05) is 38.1 Å². The van der Waals surface area contributed by atoms with Gasteiger partial charge in [0.15, 0.2) is 0 Å². The lowest BCUT2D eigenvalue weighted by atomic mass is 10.3. The molecule has 0 spiro atoms. The van der Waals surface area contributed by atoms with Crippen molar-refractivity contribution in [3.63, 3.8) is 0 Å². The van der Waals surface area contributed by atoms with Crippen LogP contribution < -0.4 is 5.32 Å². The van der Waals surface area contributed by atoms with E-state index in [0.717, 1.165) is 23.7 Å². The van der Waals surface area contributed by atoms with Crippen LogP contribution in [-0.4, -0.2) is 54.5 Å². The van der Waals surface area contributed by atoms with Gasteiger partial charge in [-0.3, -0.25) is 4.79 Å². The fourth-order valence-electron chi connectivity index (χ4n) is 2.01. The number of anilines is 1. The molecule has 1 aliphatic heterocycles. The van der Waals surface area contributed by atoms with Gasteiger partial charge in [0.1, 0.15) is 0 Å². The molecule has 21 heavy (non-hydrogen) atoms. The first-order valence-corrected chi connectivity index (χ1v) is 7.65. The summed E-state index contributed by atoms with van der Waals surface area (Å²) in [6.07, 6.45) is 0.433. The molecular formula is C14H19N3O3S. The lowest BCUT2D eigenvalue weighted by Gasteiger charge is -2.33. The van der Waals surface area contributed by atoms with Gasteiger partial charge in [-0.2, -0.15) is 0 Å². The zero-order valence-electron chi connectivity index (χ0n) is 11.9. The van der Waals surface area contributed by atoms with Crippen molar-refractivity contribution in [3.05, 3.63) is 24.3 Å². The fourth-order valence-corrected chi connectivity index (χ4v) is 2.91. The van der Waals surface area contributed by atoms with Crippen molar-refractivity contribution in [1.29, 1.82) is 0 Å². The topological polar surface area (TPSA) is 61.9 Å². The van der Waals surface area contributed by atoms with E-state index in [-0.39, 0.29) is 6.09 Å². The van der Waals surface area contributed by atoms with Crippen LogP contribution in [0.5, 0.6) is 0 Å². The standard InChI is InChI=1S/C14H19N3O3S/c1-2-20-14(19)16-7-9-17(10-8-16)21-13-5-3-12(4-6-13)15-11-18/h3-6,11H,2,7-10H2,1H3,(H,15,18). The highest BCUT2D eigenvalue weighted by atomic mass is 32.2. The zero-order chi connectivity index (χ0) is 15.1. The number of ether oxygens (including phenoxy) is 1. The van der Waals surface area contributed by atoms with Crippen molar-refractivity contribution in [3.8, 4) is 0 Å². The Kier molecular flexibility index (Phi) is 5.89. The van der Waals surface area contributed by atoms with Gasteiger partial charge >= 0.3 is 6.09 Å². The van der Waals surface area contributed by atoms with E-state index in [1.54, 1.807) is 16.8 Å². The molecule has 0 radical (unpaired) electrons. The van der Waals surface area contributed by atoms with Crippen molar-refractivity contribution >= 4 is 30.1 Å². The van der Waals surface area contributed by atoms with E-state index in [9.17, 15) is 9.59 Å². The normalized spacial score (nSPS) is 15.6. The summed E-state index contributed by atoms with van der Waals surface area (Å²) in [5.41, 5.74) is 0.779. The van der Waals surface area contributed by atoms with E-state index in [1.807, 2.05) is 31.2 Å². The van der Waals surface area contributed by atoms with Gasteiger partial charge in [-0.25, -0.2) is 9.10 Å². The van der Waals surface area contributed by atoms with E-state index in [4.69, 9.17) is 4.74 Å². The van der Waals surface area contributed by atoms with Gasteiger partial charge in [0.2, 0.25) is 6.41 Å². The molecule has 2 rings (SSSR count). The number of hydrogen-bond acceptors (Lipinski definition) is 5. The predicted molar refractivity (Wildman–Crippen MR) is 82.2 cm³/mol. The number of piperazine rings is 1. The largest absolute Gasteiger partial charge is 0.450 e. The minimum atomic E-state index is -0.230. The quantitative estimate of drug-likeness (QED) is 0.666. The molecule has 1 aromatic rings. The van der Waals surface area contributed by atoms with E-state index < -0.39 is 0 Å². The fraction of sp³-hybridized carbons (Fsp3) is 0.429. The molecule has 0 bridgehead atoms. The molecule has 0 saturated carbocycles. The van der Waals surface area contributed by atoms with Gasteiger partial charge in [0.05, 0.1) is 6.61 Å². The molecule has 1 heterocycles. The molecule has 1 saturated heterocycles. The second kappa shape index (κ2) is 7.90. The number of carbonyl (C=O) groups is 2. The molecule has 0 aromatic heterocycles. The van der Waals surface area contributed by atoms with Gasteiger partial charge < -0.3 is 15.0 Å². The Balaban J connectivity index is 1.80. The molecule has 1 aromatic carbocycles. The number of hydrogen-bond donors (Lipinski definition) is 1. The van der Waals surface area contributed by atoms with Crippen LogP contribution in [0.15, 0.2) is 29.2 Å². The number of amides is 2. The third kappa shape index (κ3) is 4.64. The monoisotopic (exact) mass is 309 g/mol. The molecule has 0 unspecified atom stereocenters. The van der Waals surface area contributed by atoms with Crippen molar-refractivity contribution < 1.29 is 14.3 Å². The Morgan fingerprint density at radius 2 is 1.95 bits per heavy atom. The van der Waals surface area contributed by atoms with Gasteiger partial charge in [0.25, 0.3) is 0 Å². The molecule has 1 aliphatic rings. The van der Waals surface area contributed by atoms with Crippen LogP contribution in [0.3, 0.4) is 0 Å². The van der Waals surface area contributed by atoms with Crippen molar-refractivity contribution in [1.82, 2.24) is 9.21 Å². The second-order valence-electron chi connectivity index (χ2n) is 4.49. The van der Waals surface area contributed by atoms with Crippen molar-refractivity contribution in [2.24, 2.45) is 0 Å². The van der Waals surface area contributed by atoms with Crippen LogP contribution in [-0.2, 0) is 9.53 Å². The lowest BCUT2D eigenvalue weighted by molar-refractivity contribution is -0.105. The van der Waals surface area contributed by atoms with Crippen LogP contribution in [0.1, 0.15) is 6.92 Å². The summed E-state index contributed by atoms with van der Waals surface area (Å²) < 4.78 is 7.22. The van der Waals surface area contributed by atoms with Crippen molar-refractivity contribution in [2.45, 2.75) is 11.8 Å². The Labute approximate surface area is 128 Å². The van der Waals surface area contributed by atoms with E-state index >= 15 is 0 Å². The van der Waals surface area contributed by atoms with Crippen LogP contribution in [0.4, 0.5) is 10.5 Å².